The molecule has 0 fully saturated rings. The third kappa shape index (κ3) is 10.4. The van der Waals surface area contributed by atoms with E-state index in [1.807, 2.05) is 0 Å². The molecular weight excluding hydrogens is 519 g/mol. The number of hydrogen-bond acceptors (Lipinski definition) is 0. The molecule has 1 aliphatic rings. The average molecular weight is 552 g/mol. The fraction of sp³-hybridized carbons (Fsp3) is 0.214. The van der Waals surface area contributed by atoms with Gasteiger partial charge >= 0.3 is 0 Å². The molecule has 1 aliphatic carbocycles. The van der Waals surface area contributed by atoms with Gasteiger partial charge in [0, 0.05) is 21.7 Å². The van der Waals surface area contributed by atoms with Crippen LogP contribution in [0, 0.1) is 26.8 Å². The van der Waals surface area contributed by atoms with E-state index in [1.54, 1.807) is 0 Å². The van der Waals surface area contributed by atoms with Crippen molar-refractivity contribution in [1.82, 2.24) is 0 Å². The molecule has 0 atom stereocenters. The van der Waals surface area contributed by atoms with Gasteiger partial charge in [0.2, 0.25) is 0 Å². The van der Waals surface area contributed by atoms with Gasteiger partial charge in [-0.05, 0) is 20.8 Å². The van der Waals surface area contributed by atoms with Gasteiger partial charge in [0.25, 0.3) is 0 Å². The first-order valence-corrected chi connectivity index (χ1v) is 11.9. The molecule has 5 heteroatoms. The molecule has 0 bridgehead atoms. The van der Waals surface area contributed by atoms with Crippen molar-refractivity contribution < 1.29 is 21.7 Å². The average Bonchev–Trinajstić information content (AvgIpc) is 3.23. The van der Waals surface area contributed by atoms with Gasteiger partial charge in [-0.1, -0.05) is 118 Å². The van der Waals surface area contributed by atoms with Crippen LogP contribution in [0.25, 0.3) is 0 Å². The van der Waals surface area contributed by atoms with Gasteiger partial charge in [-0.3, -0.25) is 6.08 Å². The third-order valence-corrected chi connectivity index (χ3v) is 7.76. The minimum Gasteiger partial charge on any atom is -0.273 e. The van der Waals surface area contributed by atoms with Crippen molar-refractivity contribution in [3.8, 4) is 0 Å². The Balaban J connectivity index is 0. The van der Waals surface area contributed by atoms with Gasteiger partial charge in [0.05, 0.1) is 0 Å². The monoisotopic (exact) mass is 550 g/mol. The van der Waals surface area contributed by atoms with Crippen LogP contribution in [-0.2, 0) is 21.7 Å². The van der Waals surface area contributed by atoms with Crippen LogP contribution < -0.4 is 15.6 Å². The van der Waals surface area contributed by atoms with Crippen LogP contribution in [-0.4, -0.2) is 8.80 Å². The summed E-state index contributed by atoms with van der Waals surface area (Å²) < 4.78 is 0. The Hall–Kier alpha value is -1.06. The second kappa shape index (κ2) is 17.4. The minimum atomic E-state index is -0.944. The third-order valence-electron chi connectivity index (χ3n) is 5.10. The second-order valence-corrected chi connectivity index (χ2v) is 10.2. The number of benzene rings is 3. The van der Waals surface area contributed by atoms with Crippen LogP contribution >= 0.6 is 37.2 Å². The molecule has 0 spiro atoms. The first kappa shape index (κ1) is 34.1. The van der Waals surface area contributed by atoms with E-state index in [0.29, 0.717) is 0 Å². The first-order chi connectivity index (χ1) is 14.1. The quantitative estimate of drug-likeness (QED) is 0.198. The van der Waals surface area contributed by atoms with E-state index in [-0.39, 0.29) is 58.9 Å². The van der Waals surface area contributed by atoms with Gasteiger partial charge in [0.1, 0.15) is 0 Å². The molecule has 3 aromatic carbocycles. The van der Waals surface area contributed by atoms with Crippen molar-refractivity contribution in [3.05, 3.63) is 113 Å². The van der Waals surface area contributed by atoms with Gasteiger partial charge in [-0.15, -0.1) is 43.6 Å². The van der Waals surface area contributed by atoms with Crippen molar-refractivity contribution in [2.24, 2.45) is 0 Å². The Bertz CT molecular complexity index is 923. The van der Waals surface area contributed by atoms with Gasteiger partial charge in [-0.2, -0.15) is 6.08 Å². The van der Waals surface area contributed by atoms with Gasteiger partial charge in [-0.25, -0.2) is 11.6 Å². The van der Waals surface area contributed by atoms with E-state index in [0.717, 1.165) is 12.8 Å². The molecule has 4 rings (SSSR count). The summed E-state index contributed by atoms with van der Waals surface area (Å²) in [6.07, 6.45) is 9.57. The second-order valence-electron chi connectivity index (χ2n) is 7.67. The normalized spacial score (nSPS) is 11.0. The van der Waals surface area contributed by atoms with E-state index in [2.05, 4.69) is 119 Å². The zero-order valence-electron chi connectivity index (χ0n) is 19.7. The van der Waals surface area contributed by atoms with Crippen molar-refractivity contribution in [1.29, 1.82) is 0 Å². The van der Waals surface area contributed by atoms with Crippen LogP contribution in [0.2, 0.25) is 0 Å². The summed E-state index contributed by atoms with van der Waals surface area (Å²) in [7, 11) is -0.944. The predicted molar refractivity (Wildman–Crippen MR) is 151 cm³/mol. The van der Waals surface area contributed by atoms with Crippen molar-refractivity contribution >= 4 is 61.6 Å². The summed E-state index contributed by atoms with van der Waals surface area (Å²) in [5.74, 6) is 0. The number of hydrogen-bond donors (Lipinski definition) is 0. The van der Waals surface area contributed by atoms with E-state index >= 15 is 0 Å². The Morgan fingerprint density at radius 1 is 0.697 bits per heavy atom. The topological polar surface area (TPSA) is 0 Å². The summed E-state index contributed by atoms with van der Waals surface area (Å²) in [5, 5.41) is 4.38. The molecule has 33 heavy (non-hydrogen) atoms. The van der Waals surface area contributed by atoms with Gasteiger partial charge < -0.3 is 0 Å². The molecule has 175 valence electrons. The maximum absolute atomic E-state index is 3.11. The molecule has 0 amide bonds. The molecular formula is C28H33Cl3SiTi-. The fourth-order valence-corrected chi connectivity index (χ4v) is 6.49. The minimum absolute atomic E-state index is 0. The van der Waals surface area contributed by atoms with Crippen LogP contribution in [0.4, 0.5) is 0 Å². The summed E-state index contributed by atoms with van der Waals surface area (Å²) in [5.41, 5.74) is 5.43. The van der Waals surface area contributed by atoms with Crippen LogP contribution in [0.3, 0.4) is 0 Å². The molecule has 0 saturated heterocycles. The largest absolute Gasteiger partial charge is 0.273 e. The zero-order chi connectivity index (χ0) is 20.6. The molecule has 0 N–H and O–H groups in total. The van der Waals surface area contributed by atoms with Crippen LogP contribution in [0.1, 0.15) is 36.5 Å². The smallest absolute Gasteiger partial charge is 0.154 e. The molecule has 0 unspecified atom stereocenters. The van der Waals surface area contributed by atoms with E-state index in [9.17, 15) is 0 Å². The van der Waals surface area contributed by atoms with Crippen molar-refractivity contribution in [2.45, 2.75) is 40.5 Å². The van der Waals surface area contributed by atoms with Crippen molar-refractivity contribution in [2.75, 3.05) is 0 Å². The fourth-order valence-electron chi connectivity index (χ4n) is 3.59. The Kier molecular flexibility index (Phi) is 18.0. The SMILES string of the molecule is CCC1=CC[C-]=C1.Cc1cccc([Si](c2cccc(C)c2)c2cccc(C)c2)c1.Cl.Cl.Cl.[Ti]. The number of rotatable bonds is 4. The zero-order valence-corrected chi connectivity index (χ0v) is 24.7. The van der Waals surface area contributed by atoms with E-state index in [4.69, 9.17) is 0 Å². The van der Waals surface area contributed by atoms with E-state index in [1.165, 1.54) is 37.8 Å². The van der Waals surface area contributed by atoms with E-state index < -0.39 is 8.80 Å². The molecule has 0 heterocycles. The Labute approximate surface area is 235 Å². The van der Waals surface area contributed by atoms with Crippen LogP contribution in [0.15, 0.2) is 90.5 Å². The first-order valence-electron chi connectivity index (χ1n) is 10.4. The standard InChI is InChI=1S/C21H21Si.C7H9.3ClH.Ti/c1-16-7-4-10-19(13-16)22(20-11-5-8-17(2)14-20)21-12-6-9-18(3)15-21;1-2-7-5-3-4-6-7;;;;/h4-15H,1-3H3;5-6H,2-3H2,1H3;3*1H;/q;-1;;;;. The maximum Gasteiger partial charge on any atom is 0.154 e. The molecule has 1 radical (unpaired) electrons. The Morgan fingerprint density at radius 2 is 1.09 bits per heavy atom. The summed E-state index contributed by atoms with van der Waals surface area (Å²) in [6.45, 7) is 8.69. The summed E-state index contributed by atoms with van der Waals surface area (Å²) in [4.78, 5) is 0. The molecule has 0 nitrogen and oxygen atoms in total. The number of halogens is 3. The number of allylic oxidation sites excluding steroid dienone is 4. The number of aryl methyl sites for hydroxylation is 3. The molecule has 0 saturated carbocycles. The maximum atomic E-state index is 3.11. The molecule has 0 aliphatic heterocycles. The van der Waals surface area contributed by atoms with Crippen LogP contribution in [0.5, 0.6) is 0 Å². The summed E-state index contributed by atoms with van der Waals surface area (Å²) in [6, 6.07) is 27.0. The predicted octanol–water partition coefficient (Wildman–Crippen LogP) is 6.48. The Morgan fingerprint density at radius 3 is 1.33 bits per heavy atom. The summed E-state index contributed by atoms with van der Waals surface area (Å²) >= 11 is 0. The van der Waals surface area contributed by atoms with Gasteiger partial charge in [0.15, 0.2) is 8.80 Å². The van der Waals surface area contributed by atoms with Crippen molar-refractivity contribution in [3.63, 3.8) is 0 Å². The molecule has 0 aromatic heterocycles. The molecule has 3 aromatic rings.